The largest absolute Gasteiger partial charge is 1.00 e. The molecule has 1 atom stereocenters. The van der Waals surface area contributed by atoms with Gasteiger partial charge in [-0.15, -0.1) is 0 Å². The maximum Gasteiger partial charge on any atom is 1.00 e. The van der Waals surface area contributed by atoms with Crippen molar-refractivity contribution >= 4 is 11.9 Å². The summed E-state index contributed by atoms with van der Waals surface area (Å²) in [6.45, 7) is 4.59. The zero-order chi connectivity index (χ0) is 18.3. The number of quaternary nitrogens is 1. The third-order valence-corrected chi connectivity index (χ3v) is 4.24. The molecule has 0 saturated carbocycles. The molecule has 6 nitrogen and oxygen atoms in total. The predicted molar refractivity (Wildman–Crippen MR) is 91.2 cm³/mol. The first kappa shape index (κ1) is 27.5. The van der Waals surface area contributed by atoms with E-state index in [2.05, 4.69) is 19.1 Å². The monoisotopic (exact) mass is 382 g/mol. The Balaban J connectivity index is 0. The molecule has 0 aliphatic heterocycles. The minimum absolute atomic E-state index is 0. The number of hydrogen-bond acceptors (Lipinski definition) is 4. The Morgan fingerprint density at radius 1 is 1.00 bits per heavy atom. The summed E-state index contributed by atoms with van der Waals surface area (Å²) in [6.07, 6.45) is 9.83. The van der Waals surface area contributed by atoms with Gasteiger partial charge in [0, 0.05) is 18.8 Å². The Labute approximate surface area is 194 Å². The average Bonchev–Trinajstić information content (AvgIpc) is 2.50. The number of hydrogen-bond donors (Lipinski definition) is 2. The molecule has 0 aromatic carbocycles. The number of carbonyl (C=O) groups excluding carboxylic acids is 1. The molecule has 0 bridgehead atoms. The zero-order valence-electron chi connectivity index (χ0n) is 15.9. The third-order valence-electron chi connectivity index (χ3n) is 4.24. The number of rotatable bonds is 16. The van der Waals surface area contributed by atoms with Crippen LogP contribution in [0.3, 0.4) is 0 Å². The number of aliphatic hydroxyl groups excluding tert-OH is 1. The van der Waals surface area contributed by atoms with Gasteiger partial charge in [-0.2, -0.15) is 0 Å². The third kappa shape index (κ3) is 16.2. The second-order valence-electron chi connectivity index (χ2n) is 6.36. The van der Waals surface area contributed by atoms with Gasteiger partial charge in [0.25, 0.3) is 0 Å². The first-order chi connectivity index (χ1) is 11.5. The smallest absolute Gasteiger partial charge is 0.550 e. The van der Waals surface area contributed by atoms with Gasteiger partial charge in [-0.1, -0.05) is 25.8 Å². The Morgan fingerprint density at radius 2 is 1.64 bits per heavy atom. The minimum Gasteiger partial charge on any atom is -0.550 e. The van der Waals surface area contributed by atoms with Crippen LogP contribution in [0.4, 0.5) is 0 Å². The number of aliphatic hydroxyl groups is 1. The van der Waals surface area contributed by atoms with Crippen LogP contribution >= 0.6 is 0 Å². The maximum absolute atomic E-state index is 10.8. The number of carboxylic acids is 2. The average molecular weight is 383 g/mol. The second-order valence-corrected chi connectivity index (χ2v) is 6.36. The fourth-order valence-electron chi connectivity index (χ4n) is 2.87. The van der Waals surface area contributed by atoms with Crippen molar-refractivity contribution in [1.82, 2.24) is 0 Å². The molecule has 0 spiro atoms. The van der Waals surface area contributed by atoms with Crippen molar-refractivity contribution in [1.29, 1.82) is 0 Å². The van der Waals surface area contributed by atoms with Crippen molar-refractivity contribution in [3.05, 3.63) is 12.2 Å². The van der Waals surface area contributed by atoms with Crippen LogP contribution in [0.2, 0.25) is 0 Å². The molecule has 1 unspecified atom stereocenters. The number of aliphatic carboxylic acids is 2. The van der Waals surface area contributed by atoms with Gasteiger partial charge in [0.1, 0.15) is 6.54 Å². The number of allylic oxidation sites excluding steroid dienone is 1. The first-order valence-corrected chi connectivity index (χ1v) is 8.98. The first-order valence-electron chi connectivity index (χ1n) is 8.98. The Bertz CT molecular complexity index is 368. The Morgan fingerprint density at radius 3 is 2.16 bits per heavy atom. The Kier molecular flexibility index (Phi) is 19.4. The molecule has 0 aromatic heterocycles. The van der Waals surface area contributed by atoms with E-state index in [1.54, 1.807) is 0 Å². The van der Waals surface area contributed by atoms with Crippen LogP contribution in [0.15, 0.2) is 12.2 Å². The van der Waals surface area contributed by atoms with Gasteiger partial charge in [0.2, 0.25) is 0 Å². The normalized spacial score (nSPS) is 13.4. The van der Waals surface area contributed by atoms with E-state index in [9.17, 15) is 19.8 Å². The number of carboxylic acid groups (broad SMARTS) is 2. The molecule has 7 heteroatoms. The van der Waals surface area contributed by atoms with Gasteiger partial charge >= 0.3 is 57.4 Å². The molecular weight excluding hydrogens is 349 g/mol. The molecule has 0 aliphatic carbocycles. The van der Waals surface area contributed by atoms with Crippen molar-refractivity contribution in [2.24, 2.45) is 0 Å². The van der Waals surface area contributed by atoms with E-state index in [0.29, 0.717) is 43.5 Å². The fraction of sp³-hybridized carbons (Fsp3) is 0.778. The summed E-state index contributed by atoms with van der Waals surface area (Å²) >= 11 is 0. The van der Waals surface area contributed by atoms with Crippen LogP contribution in [0.1, 0.15) is 58.3 Å². The molecule has 0 heterocycles. The van der Waals surface area contributed by atoms with Crippen molar-refractivity contribution < 1.29 is 80.8 Å². The van der Waals surface area contributed by atoms with Gasteiger partial charge in [-0.25, -0.2) is 0 Å². The van der Waals surface area contributed by atoms with Crippen molar-refractivity contribution in [3.63, 3.8) is 0 Å². The van der Waals surface area contributed by atoms with Crippen LogP contribution in [-0.4, -0.2) is 59.4 Å². The summed E-state index contributed by atoms with van der Waals surface area (Å²) in [7, 11) is 0. The number of nitrogens with zero attached hydrogens (tertiary/aromatic N) is 1. The van der Waals surface area contributed by atoms with Gasteiger partial charge in [-0.05, 0) is 25.3 Å². The van der Waals surface area contributed by atoms with E-state index in [-0.39, 0.29) is 70.8 Å². The van der Waals surface area contributed by atoms with Crippen molar-refractivity contribution in [2.75, 3.05) is 32.8 Å². The predicted octanol–water partition coefficient (Wildman–Crippen LogP) is -1.67. The summed E-state index contributed by atoms with van der Waals surface area (Å²) < 4.78 is 0.529. The molecule has 0 radical (unpaired) electrons. The number of carbonyl (C=O) groups is 2. The zero-order valence-corrected chi connectivity index (χ0v) is 19.0. The molecule has 0 aliphatic rings. The Hall–Kier alpha value is 0.236. The molecule has 0 rings (SSSR count). The topological polar surface area (TPSA) is 97.7 Å². The number of unbranched alkanes of at least 4 members (excludes halogenated alkanes) is 3. The van der Waals surface area contributed by atoms with E-state index in [1.807, 2.05) is 0 Å². The summed E-state index contributed by atoms with van der Waals surface area (Å²) in [4.78, 5) is 21.4. The molecule has 2 N–H and O–H groups in total. The van der Waals surface area contributed by atoms with Gasteiger partial charge in [0.15, 0.2) is 0 Å². The molecule has 25 heavy (non-hydrogen) atoms. The van der Waals surface area contributed by atoms with Crippen molar-refractivity contribution in [2.45, 2.75) is 58.3 Å². The summed E-state index contributed by atoms with van der Waals surface area (Å²) in [5.74, 6) is -1.90. The van der Waals surface area contributed by atoms with E-state index in [4.69, 9.17) is 5.11 Å². The minimum atomic E-state index is -1.07. The van der Waals surface area contributed by atoms with Gasteiger partial charge < -0.3 is 24.6 Å². The quantitative estimate of drug-likeness (QED) is 0.144. The van der Waals surface area contributed by atoms with Crippen molar-refractivity contribution in [3.8, 4) is 0 Å². The van der Waals surface area contributed by atoms with Crippen LogP contribution in [0.5, 0.6) is 0 Å². The van der Waals surface area contributed by atoms with Gasteiger partial charge in [0.05, 0.1) is 32.7 Å². The van der Waals surface area contributed by atoms with Gasteiger partial charge in [-0.3, -0.25) is 4.79 Å². The second kappa shape index (κ2) is 17.6. The maximum atomic E-state index is 10.8. The molecule has 0 saturated heterocycles. The van der Waals surface area contributed by atoms with E-state index < -0.39 is 11.9 Å². The molecule has 0 amide bonds. The molecule has 0 aromatic rings. The molecular formula is C18H33KNO5+. The fourth-order valence-corrected chi connectivity index (χ4v) is 2.87. The van der Waals surface area contributed by atoms with Crippen LogP contribution in [0.25, 0.3) is 0 Å². The van der Waals surface area contributed by atoms with Crippen LogP contribution < -0.4 is 56.5 Å². The van der Waals surface area contributed by atoms with Crippen LogP contribution in [0, 0.1) is 0 Å². The summed E-state index contributed by atoms with van der Waals surface area (Å²) in [5, 5.41) is 28.9. The van der Waals surface area contributed by atoms with E-state index in [0.717, 1.165) is 12.8 Å². The SMILES string of the molecule is CCCCC/C=C/C[N+](CCO)(CCCC(=O)[O-])CCCC(=O)O.[K+]. The van der Waals surface area contributed by atoms with E-state index in [1.165, 1.54) is 12.8 Å². The summed E-state index contributed by atoms with van der Waals surface area (Å²) in [5.41, 5.74) is 0. The molecule has 140 valence electrons. The standard InChI is InChI=1S/C18H33NO5.K/c1-2-3-4-5-6-7-12-19(15-16-20,13-8-10-17(21)22)14-9-11-18(23)24;/h6-7,20H,2-5,8-16H2,1H3,(H-,21,22,23,24);/q;+1/b7-6+;. The van der Waals surface area contributed by atoms with E-state index >= 15 is 0 Å². The van der Waals surface area contributed by atoms with Crippen LogP contribution in [-0.2, 0) is 9.59 Å². The molecule has 0 fully saturated rings. The summed E-state index contributed by atoms with van der Waals surface area (Å²) in [6, 6.07) is 0.